The first-order valence-corrected chi connectivity index (χ1v) is 7.79. The van der Waals surface area contributed by atoms with E-state index in [1.165, 1.54) is 12.1 Å². The van der Waals surface area contributed by atoms with E-state index in [9.17, 15) is 8.78 Å². The molecular weight excluding hydrogens is 336 g/mol. The lowest BCUT2D eigenvalue weighted by Crippen LogP contribution is -2.22. The summed E-state index contributed by atoms with van der Waals surface area (Å²) in [6.45, 7) is 3.66. The standard InChI is InChI=1S/C17H18BrF2N/c1-2-21-11-14(13-4-3-5-15(19)10-13)8-12-6-7-17(20)16(18)9-12/h3-7,9-10,14,21H,2,8,11H2,1H3. The lowest BCUT2D eigenvalue weighted by atomic mass is 9.92. The number of hydrogen-bond donors (Lipinski definition) is 1. The topological polar surface area (TPSA) is 12.0 Å². The molecule has 0 amide bonds. The first kappa shape index (κ1) is 16.1. The molecule has 2 rings (SSSR count). The summed E-state index contributed by atoms with van der Waals surface area (Å²) < 4.78 is 27.2. The van der Waals surface area contributed by atoms with Crippen LogP contribution in [0.2, 0.25) is 0 Å². The summed E-state index contributed by atoms with van der Waals surface area (Å²) in [6.07, 6.45) is 0.731. The van der Waals surface area contributed by atoms with Crippen molar-refractivity contribution in [3.8, 4) is 0 Å². The van der Waals surface area contributed by atoms with Crippen molar-refractivity contribution >= 4 is 15.9 Å². The molecule has 2 aromatic carbocycles. The first-order valence-electron chi connectivity index (χ1n) is 7.00. The summed E-state index contributed by atoms with van der Waals surface area (Å²) >= 11 is 3.21. The summed E-state index contributed by atoms with van der Waals surface area (Å²) in [5.74, 6) is -0.347. The van der Waals surface area contributed by atoms with E-state index >= 15 is 0 Å². The van der Waals surface area contributed by atoms with E-state index in [2.05, 4.69) is 21.2 Å². The normalized spacial score (nSPS) is 12.4. The Kier molecular flexibility index (Phi) is 5.88. The molecule has 0 spiro atoms. The highest BCUT2D eigenvalue weighted by atomic mass is 79.9. The summed E-state index contributed by atoms with van der Waals surface area (Å²) in [4.78, 5) is 0. The van der Waals surface area contributed by atoms with Gasteiger partial charge in [-0.3, -0.25) is 0 Å². The number of hydrogen-bond acceptors (Lipinski definition) is 1. The zero-order valence-electron chi connectivity index (χ0n) is 11.9. The lowest BCUT2D eigenvalue weighted by Gasteiger charge is -2.18. The van der Waals surface area contributed by atoms with E-state index in [1.54, 1.807) is 24.3 Å². The Morgan fingerprint density at radius 1 is 1.14 bits per heavy atom. The Bertz CT molecular complexity index is 601. The fraction of sp³-hybridized carbons (Fsp3) is 0.294. The van der Waals surface area contributed by atoms with Gasteiger partial charge in [0.2, 0.25) is 0 Å². The zero-order valence-corrected chi connectivity index (χ0v) is 13.5. The van der Waals surface area contributed by atoms with Crippen molar-refractivity contribution in [2.75, 3.05) is 13.1 Å². The van der Waals surface area contributed by atoms with E-state index in [-0.39, 0.29) is 17.6 Å². The minimum Gasteiger partial charge on any atom is -0.316 e. The SMILES string of the molecule is CCNCC(Cc1ccc(F)c(Br)c1)c1cccc(F)c1. The van der Waals surface area contributed by atoms with Gasteiger partial charge in [-0.1, -0.05) is 25.1 Å². The molecule has 1 unspecified atom stereocenters. The Morgan fingerprint density at radius 3 is 2.62 bits per heavy atom. The number of likely N-dealkylation sites (N-methyl/N-ethyl adjacent to an activating group) is 1. The van der Waals surface area contributed by atoms with Gasteiger partial charge in [0, 0.05) is 12.5 Å². The van der Waals surface area contributed by atoms with Gasteiger partial charge < -0.3 is 5.32 Å². The lowest BCUT2D eigenvalue weighted by molar-refractivity contribution is 0.581. The van der Waals surface area contributed by atoms with Crippen molar-refractivity contribution in [2.24, 2.45) is 0 Å². The van der Waals surface area contributed by atoms with Crippen molar-refractivity contribution < 1.29 is 8.78 Å². The zero-order chi connectivity index (χ0) is 15.2. The van der Waals surface area contributed by atoms with Gasteiger partial charge in [0.15, 0.2) is 0 Å². The van der Waals surface area contributed by atoms with E-state index in [4.69, 9.17) is 0 Å². The molecule has 0 aliphatic rings. The molecule has 0 aliphatic carbocycles. The van der Waals surface area contributed by atoms with Crippen LogP contribution in [0.15, 0.2) is 46.9 Å². The second-order valence-corrected chi connectivity index (χ2v) is 5.87. The third kappa shape index (κ3) is 4.61. The number of rotatable bonds is 6. The third-order valence-electron chi connectivity index (χ3n) is 3.43. The van der Waals surface area contributed by atoms with Crippen LogP contribution in [0.5, 0.6) is 0 Å². The Hall–Kier alpha value is -1.26. The average Bonchev–Trinajstić information content (AvgIpc) is 2.47. The molecule has 1 atom stereocenters. The molecule has 0 bridgehead atoms. The van der Waals surface area contributed by atoms with Crippen LogP contribution in [0.25, 0.3) is 0 Å². The molecule has 1 nitrogen and oxygen atoms in total. The van der Waals surface area contributed by atoms with Gasteiger partial charge in [-0.2, -0.15) is 0 Å². The quantitative estimate of drug-likeness (QED) is 0.795. The van der Waals surface area contributed by atoms with E-state index < -0.39 is 0 Å². The van der Waals surface area contributed by atoms with Crippen LogP contribution in [-0.4, -0.2) is 13.1 Å². The molecule has 0 fully saturated rings. The Labute approximate surface area is 132 Å². The molecule has 0 radical (unpaired) electrons. The van der Waals surface area contributed by atoms with Crippen LogP contribution in [0, 0.1) is 11.6 Å². The summed E-state index contributed by atoms with van der Waals surface area (Å²) in [7, 11) is 0. The average molecular weight is 354 g/mol. The van der Waals surface area contributed by atoms with Crippen LogP contribution < -0.4 is 5.32 Å². The maximum absolute atomic E-state index is 13.4. The fourth-order valence-electron chi connectivity index (χ4n) is 2.34. The Morgan fingerprint density at radius 2 is 1.95 bits per heavy atom. The predicted molar refractivity (Wildman–Crippen MR) is 85.5 cm³/mol. The van der Waals surface area contributed by atoms with Gasteiger partial charge >= 0.3 is 0 Å². The fourth-order valence-corrected chi connectivity index (χ4v) is 2.76. The molecule has 21 heavy (non-hydrogen) atoms. The second-order valence-electron chi connectivity index (χ2n) is 5.01. The van der Waals surface area contributed by atoms with Crippen LogP contribution in [-0.2, 0) is 6.42 Å². The van der Waals surface area contributed by atoms with E-state index in [1.807, 2.05) is 13.0 Å². The van der Waals surface area contributed by atoms with Gasteiger partial charge in [-0.25, -0.2) is 8.78 Å². The third-order valence-corrected chi connectivity index (χ3v) is 4.03. The molecule has 112 valence electrons. The largest absolute Gasteiger partial charge is 0.316 e. The van der Waals surface area contributed by atoms with Crippen LogP contribution in [0.1, 0.15) is 24.0 Å². The molecule has 0 saturated carbocycles. The van der Waals surface area contributed by atoms with Crippen molar-refractivity contribution in [1.82, 2.24) is 5.32 Å². The predicted octanol–water partition coefficient (Wildman–Crippen LogP) is 4.66. The van der Waals surface area contributed by atoms with Crippen molar-refractivity contribution in [2.45, 2.75) is 19.3 Å². The minimum absolute atomic E-state index is 0.151. The highest BCUT2D eigenvalue weighted by Gasteiger charge is 2.13. The van der Waals surface area contributed by atoms with Crippen molar-refractivity contribution in [3.05, 3.63) is 69.7 Å². The highest BCUT2D eigenvalue weighted by Crippen LogP contribution is 2.24. The minimum atomic E-state index is -0.271. The van der Waals surface area contributed by atoms with Crippen LogP contribution >= 0.6 is 15.9 Å². The molecule has 4 heteroatoms. The number of benzene rings is 2. The van der Waals surface area contributed by atoms with Crippen LogP contribution in [0.4, 0.5) is 8.78 Å². The van der Waals surface area contributed by atoms with Gasteiger partial charge in [0.1, 0.15) is 11.6 Å². The molecule has 0 heterocycles. The van der Waals surface area contributed by atoms with Crippen LogP contribution in [0.3, 0.4) is 0 Å². The highest BCUT2D eigenvalue weighted by molar-refractivity contribution is 9.10. The molecule has 2 aromatic rings. The van der Waals surface area contributed by atoms with E-state index in [0.717, 1.165) is 30.6 Å². The molecular formula is C17H18BrF2N. The summed E-state index contributed by atoms with van der Waals surface area (Å²) in [5.41, 5.74) is 1.98. The monoisotopic (exact) mass is 353 g/mol. The second kappa shape index (κ2) is 7.66. The van der Waals surface area contributed by atoms with E-state index in [0.29, 0.717) is 4.47 Å². The summed E-state index contributed by atoms with van der Waals surface area (Å²) in [5, 5.41) is 3.30. The molecule has 0 aromatic heterocycles. The van der Waals surface area contributed by atoms with Gasteiger partial charge in [0.25, 0.3) is 0 Å². The maximum atomic E-state index is 13.4. The summed E-state index contributed by atoms with van der Waals surface area (Å²) in [6, 6.07) is 11.7. The van der Waals surface area contributed by atoms with Gasteiger partial charge in [0.05, 0.1) is 4.47 Å². The number of nitrogens with one attached hydrogen (secondary N) is 1. The smallest absolute Gasteiger partial charge is 0.137 e. The van der Waals surface area contributed by atoms with Gasteiger partial charge in [-0.05, 0) is 64.3 Å². The Balaban J connectivity index is 2.21. The molecule has 0 saturated heterocycles. The first-order chi connectivity index (χ1) is 10.1. The van der Waals surface area contributed by atoms with Gasteiger partial charge in [-0.15, -0.1) is 0 Å². The maximum Gasteiger partial charge on any atom is 0.137 e. The molecule has 0 aliphatic heterocycles. The molecule has 1 N–H and O–H groups in total. The van der Waals surface area contributed by atoms with Crippen molar-refractivity contribution in [1.29, 1.82) is 0 Å². The van der Waals surface area contributed by atoms with Crippen molar-refractivity contribution in [3.63, 3.8) is 0 Å². The number of halogens is 3.